The number of anilines is 1. The summed E-state index contributed by atoms with van der Waals surface area (Å²) in [6.07, 6.45) is 7.47. The number of hydrogen-bond acceptors (Lipinski definition) is 6. The summed E-state index contributed by atoms with van der Waals surface area (Å²) in [5.41, 5.74) is 6.22. The molecule has 184 valence electrons. The number of ether oxygens (including phenoxy) is 1. The number of carbonyl (C=O) groups is 1. The van der Waals surface area contributed by atoms with Gasteiger partial charge >= 0.3 is 0 Å². The van der Waals surface area contributed by atoms with Crippen LogP contribution in [0, 0.1) is 0 Å². The van der Waals surface area contributed by atoms with E-state index in [2.05, 4.69) is 20.3 Å². The standard InChI is InChI=1S/C29H26N6O2/c1-3-37-26-14-24-21(13-25(26)33-29(36)20-11-12-23(30-15-20)18-9-10-18)28(32-17-31-24)22-16-35(2)34-27(22)19-7-5-4-6-8-19/h4-8,11-18H,3,9-10H2,1-2H3,(H,33,36). The number of aryl methyl sites for hydroxylation is 1. The van der Waals surface area contributed by atoms with Crippen molar-refractivity contribution < 1.29 is 9.53 Å². The van der Waals surface area contributed by atoms with Crippen LogP contribution in [0.15, 0.2) is 73.3 Å². The van der Waals surface area contributed by atoms with Crippen LogP contribution in [-0.4, -0.2) is 37.2 Å². The molecule has 8 nitrogen and oxygen atoms in total. The highest BCUT2D eigenvalue weighted by Gasteiger charge is 2.25. The molecule has 3 heterocycles. The van der Waals surface area contributed by atoms with Gasteiger partial charge in [-0.3, -0.25) is 14.5 Å². The lowest BCUT2D eigenvalue weighted by Crippen LogP contribution is -2.13. The van der Waals surface area contributed by atoms with Gasteiger partial charge in [0.15, 0.2) is 0 Å². The van der Waals surface area contributed by atoms with E-state index < -0.39 is 0 Å². The Hall–Kier alpha value is -4.59. The third-order valence-corrected chi connectivity index (χ3v) is 6.46. The van der Waals surface area contributed by atoms with Crippen molar-refractivity contribution in [2.45, 2.75) is 25.7 Å². The lowest BCUT2D eigenvalue weighted by molar-refractivity contribution is 0.102. The van der Waals surface area contributed by atoms with Crippen molar-refractivity contribution in [3.63, 3.8) is 0 Å². The number of benzene rings is 2. The largest absolute Gasteiger partial charge is 0.492 e. The van der Waals surface area contributed by atoms with E-state index in [1.165, 1.54) is 12.8 Å². The maximum absolute atomic E-state index is 13.1. The molecule has 1 aliphatic carbocycles. The zero-order chi connectivity index (χ0) is 25.4. The molecule has 0 bridgehead atoms. The summed E-state index contributed by atoms with van der Waals surface area (Å²) in [6.45, 7) is 2.36. The molecule has 1 aliphatic rings. The molecule has 5 aromatic rings. The van der Waals surface area contributed by atoms with Gasteiger partial charge in [-0.2, -0.15) is 5.10 Å². The topological polar surface area (TPSA) is 94.8 Å². The molecular formula is C29H26N6O2. The SMILES string of the molecule is CCOc1cc2ncnc(-c3cn(C)nc3-c3ccccc3)c2cc1NC(=O)c1ccc(C2CC2)nc1. The molecule has 1 amide bonds. The number of amides is 1. The summed E-state index contributed by atoms with van der Waals surface area (Å²) in [5, 5.41) is 8.50. The second-order valence-electron chi connectivity index (χ2n) is 9.15. The lowest BCUT2D eigenvalue weighted by atomic mass is 10.0. The molecule has 0 spiro atoms. The van der Waals surface area contributed by atoms with Crippen molar-refractivity contribution in [2.75, 3.05) is 11.9 Å². The van der Waals surface area contributed by atoms with Gasteiger partial charge in [0.25, 0.3) is 5.91 Å². The zero-order valence-electron chi connectivity index (χ0n) is 20.7. The molecule has 0 saturated heterocycles. The number of aromatic nitrogens is 5. The second-order valence-corrected chi connectivity index (χ2v) is 9.15. The second kappa shape index (κ2) is 9.46. The minimum Gasteiger partial charge on any atom is -0.492 e. The van der Waals surface area contributed by atoms with Crippen LogP contribution in [0.25, 0.3) is 33.4 Å². The van der Waals surface area contributed by atoms with Crippen LogP contribution < -0.4 is 10.1 Å². The van der Waals surface area contributed by atoms with Crippen LogP contribution in [0.4, 0.5) is 5.69 Å². The molecule has 0 unspecified atom stereocenters. The van der Waals surface area contributed by atoms with Gasteiger partial charge in [-0.15, -0.1) is 0 Å². The fourth-order valence-electron chi connectivity index (χ4n) is 4.50. The minimum absolute atomic E-state index is 0.250. The Labute approximate surface area is 214 Å². The Morgan fingerprint density at radius 3 is 2.62 bits per heavy atom. The fourth-order valence-corrected chi connectivity index (χ4v) is 4.50. The summed E-state index contributed by atoms with van der Waals surface area (Å²) in [7, 11) is 1.89. The van der Waals surface area contributed by atoms with Crippen molar-refractivity contribution >= 4 is 22.5 Å². The summed E-state index contributed by atoms with van der Waals surface area (Å²) in [6, 6.07) is 17.5. The van der Waals surface area contributed by atoms with Gasteiger partial charge < -0.3 is 10.1 Å². The first kappa shape index (κ1) is 22.8. The van der Waals surface area contributed by atoms with Crippen LogP contribution in [0.1, 0.15) is 41.7 Å². The average Bonchev–Trinajstić information content (AvgIpc) is 3.70. The van der Waals surface area contributed by atoms with Crippen LogP contribution in [0.2, 0.25) is 0 Å². The molecule has 6 rings (SSSR count). The molecule has 2 aromatic carbocycles. The van der Waals surface area contributed by atoms with Crippen LogP contribution >= 0.6 is 0 Å². The predicted octanol–water partition coefficient (Wildman–Crippen LogP) is 5.62. The maximum Gasteiger partial charge on any atom is 0.257 e. The molecule has 0 aliphatic heterocycles. The van der Waals surface area contributed by atoms with E-state index in [0.717, 1.165) is 33.6 Å². The smallest absolute Gasteiger partial charge is 0.257 e. The third-order valence-electron chi connectivity index (χ3n) is 6.46. The fraction of sp³-hybridized carbons (Fsp3) is 0.207. The van der Waals surface area contributed by atoms with E-state index in [9.17, 15) is 4.79 Å². The van der Waals surface area contributed by atoms with Crippen molar-refractivity contribution in [2.24, 2.45) is 7.05 Å². The number of nitrogens with zero attached hydrogens (tertiary/aromatic N) is 5. The molecular weight excluding hydrogens is 464 g/mol. The molecule has 0 atom stereocenters. The third kappa shape index (κ3) is 4.53. The normalized spacial score (nSPS) is 13.0. The van der Waals surface area contributed by atoms with E-state index >= 15 is 0 Å². The Bertz CT molecular complexity index is 1590. The van der Waals surface area contributed by atoms with Gasteiger partial charge in [-0.05, 0) is 38.0 Å². The van der Waals surface area contributed by atoms with Crippen molar-refractivity contribution in [3.05, 3.63) is 84.6 Å². The molecule has 8 heteroatoms. The molecule has 1 fully saturated rings. The van der Waals surface area contributed by atoms with Crippen LogP contribution in [0.3, 0.4) is 0 Å². The first-order valence-corrected chi connectivity index (χ1v) is 12.4. The molecule has 1 N–H and O–H groups in total. The Morgan fingerprint density at radius 1 is 1.05 bits per heavy atom. The Morgan fingerprint density at radius 2 is 1.89 bits per heavy atom. The molecule has 1 saturated carbocycles. The zero-order valence-corrected chi connectivity index (χ0v) is 20.7. The number of fused-ring (bicyclic) bond motifs is 1. The van der Waals surface area contributed by atoms with E-state index in [0.29, 0.717) is 35.0 Å². The van der Waals surface area contributed by atoms with Crippen LogP contribution in [0.5, 0.6) is 5.75 Å². The summed E-state index contributed by atoms with van der Waals surface area (Å²) in [5.74, 6) is 0.832. The van der Waals surface area contributed by atoms with Crippen molar-refractivity contribution in [1.82, 2.24) is 24.7 Å². The van der Waals surface area contributed by atoms with E-state index in [1.54, 1.807) is 17.2 Å². The quantitative estimate of drug-likeness (QED) is 0.318. The van der Waals surface area contributed by atoms with E-state index in [1.807, 2.05) is 74.8 Å². The van der Waals surface area contributed by atoms with Gasteiger partial charge in [0.1, 0.15) is 17.8 Å². The lowest BCUT2D eigenvalue weighted by Gasteiger charge is -2.14. The minimum atomic E-state index is -0.250. The number of pyridine rings is 1. The molecule has 3 aromatic heterocycles. The van der Waals surface area contributed by atoms with Crippen LogP contribution in [-0.2, 0) is 7.05 Å². The summed E-state index contributed by atoms with van der Waals surface area (Å²) < 4.78 is 7.66. The van der Waals surface area contributed by atoms with Gasteiger partial charge in [0.2, 0.25) is 0 Å². The highest BCUT2D eigenvalue weighted by Crippen LogP contribution is 2.39. The van der Waals surface area contributed by atoms with Crippen molar-refractivity contribution in [3.8, 4) is 28.3 Å². The average molecular weight is 491 g/mol. The van der Waals surface area contributed by atoms with Gasteiger partial charge in [0.05, 0.1) is 29.1 Å². The maximum atomic E-state index is 13.1. The first-order valence-electron chi connectivity index (χ1n) is 12.4. The summed E-state index contributed by atoms with van der Waals surface area (Å²) in [4.78, 5) is 26.8. The van der Waals surface area contributed by atoms with Crippen molar-refractivity contribution in [1.29, 1.82) is 0 Å². The molecule has 37 heavy (non-hydrogen) atoms. The Kier molecular flexibility index (Phi) is 5.84. The monoisotopic (exact) mass is 490 g/mol. The first-order chi connectivity index (χ1) is 18.1. The Balaban J connectivity index is 1.42. The van der Waals surface area contributed by atoms with Gasteiger partial charge in [-0.25, -0.2) is 9.97 Å². The number of carbonyl (C=O) groups excluding carboxylic acids is 1. The number of hydrogen-bond donors (Lipinski definition) is 1. The molecule has 0 radical (unpaired) electrons. The summed E-state index contributed by atoms with van der Waals surface area (Å²) >= 11 is 0. The highest BCUT2D eigenvalue weighted by atomic mass is 16.5. The number of rotatable bonds is 7. The predicted molar refractivity (Wildman–Crippen MR) is 143 cm³/mol. The van der Waals surface area contributed by atoms with E-state index in [-0.39, 0.29) is 5.91 Å². The highest BCUT2D eigenvalue weighted by molar-refractivity contribution is 6.07. The van der Waals surface area contributed by atoms with Gasteiger partial charge in [-0.1, -0.05) is 30.3 Å². The van der Waals surface area contributed by atoms with E-state index in [4.69, 9.17) is 9.84 Å². The van der Waals surface area contributed by atoms with Gasteiger partial charge in [0, 0.05) is 53.6 Å². The number of nitrogens with one attached hydrogen (secondary N) is 1.